The van der Waals surface area contributed by atoms with Crippen LogP contribution >= 0.6 is 15.9 Å². The first-order valence-electron chi connectivity index (χ1n) is 5.37. The van der Waals surface area contributed by atoms with Gasteiger partial charge in [0.15, 0.2) is 0 Å². The molecule has 1 aromatic heterocycles. The van der Waals surface area contributed by atoms with Crippen LogP contribution in [0.2, 0.25) is 0 Å². The lowest BCUT2D eigenvalue weighted by molar-refractivity contribution is 0.595. The second-order valence-corrected chi connectivity index (χ2v) is 6.71. The number of pyridine rings is 1. The maximum atomic E-state index is 12.5. The molecule has 0 unspecified atom stereocenters. The lowest BCUT2D eigenvalue weighted by Crippen LogP contribution is -2.27. The van der Waals surface area contributed by atoms with E-state index < -0.39 is 10.0 Å². The molecule has 2 aromatic rings. The number of hydrogen-bond donors (Lipinski definition) is 1. The predicted octanol–water partition coefficient (Wildman–Crippen LogP) is 2.25. The molecule has 0 saturated heterocycles. The van der Waals surface area contributed by atoms with Gasteiger partial charge in [0.05, 0.1) is 11.4 Å². The number of rotatable bonds is 3. The van der Waals surface area contributed by atoms with Gasteiger partial charge >= 0.3 is 0 Å². The second kappa shape index (κ2) is 5.18. The van der Waals surface area contributed by atoms with Gasteiger partial charge in [0, 0.05) is 23.9 Å². The van der Waals surface area contributed by atoms with Crippen molar-refractivity contribution in [2.45, 2.75) is 4.90 Å². The summed E-state index contributed by atoms with van der Waals surface area (Å²) in [5, 5.41) is 0. The summed E-state index contributed by atoms with van der Waals surface area (Å²) < 4.78 is 26.9. The predicted molar refractivity (Wildman–Crippen MR) is 78.4 cm³/mol. The van der Waals surface area contributed by atoms with E-state index in [1.165, 1.54) is 29.8 Å². The van der Waals surface area contributed by atoms with Crippen LogP contribution in [0.25, 0.3) is 0 Å². The number of nitrogens with zero attached hydrogens (tertiary/aromatic N) is 2. The number of anilines is 2. The standard InChI is InChI=1S/C12H12BrN3O2S/c1-16(10-4-6-15-7-5-10)19(17,18)12-3-2-9(13)8-11(12)14/h2-8H,14H2,1H3. The minimum Gasteiger partial charge on any atom is -0.398 e. The number of nitrogen functional groups attached to an aromatic ring is 1. The van der Waals surface area contributed by atoms with Crippen molar-refractivity contribution in [3.05, 3.63) is 47.2 Å². The van der Waals surface area contributed by atoms with E-state index in [0.717, 1.165) is 4.47 Å². The summed E-state index contributed by atoms with van der Waals surface area (Å²) in [4.78, 5) is 3.94. The van der Waals surface area contributed by atoms with E-state index >= 15 is 0 Å². The highest BCUT2D eigenvalue weighted by atomic mass is 79.9. The zero-order valence-corrected chi connectivity index (χ0v) is 12.5. The van der Waals surface area contributed by atoms with Crippen LogP contribution in [0.15, 0.2) is 52.1 Å². The number of nitrogens with two attached hydrogens (primary N) is 1. The number of hydrogen-bond acceptors (Lipinski definition) is 4. The van der Waals surface area contributed by atoms with Gasteiger partial charge in [-0.2, -0.15) is 0 Å². The zero-order chi connectivity index (χ0) is 14.0. The SMILES string of the molecule is CN(c1ccncc1)S(=O)(=O)c1ccc(Br)cc1N. The third-order valence-corrected chi connectivity index (χ3v) is 4.99. The summed E-state index contributed by atoms with van der Waals surface area (Å²) in [5.74, 6) is 0. The van der Waals surface area contributed by atoms with Crippen molar-refractivity contribution in [3.63, 3.8) is 0 Å². The van der Waals surface area contributed by atoms with Crippen molar-refractivity contribution in [1.29, 1.82) is 0 Å². The van der Waals surface area contributed by atoms with Crippen molar-refractivity contribution < 1.29 is 8.42 Å². The molecule has 7 heteroatoms. The molecule has 0 fully saturated rings. The van der Waals surface area contributed by atoms with Crippen LogP contribution in [0.1, 0.15) is 0 Å². The maximum absolute atomic E-state index is 12.5. The fraction of sp³-hybridized carbons (Fsp3) is 0.0833. The van der Waals surface area contributed by atoms with E-state index in [4.69, 9.17) is 5.73 Å². The molecule has 0 bridgehead atoms. The van der Waals surface area contributed by atoms with Crippen molar-refractivity contribution >= 4 is 37.3 Å². The van der Waals surface area contributed by atoms with E-state index in [2.05, 4.69) is 20.9 Å². The highest BCUT2D eigenvalue weighted by molar-refractivity contribution is 9.10. The highest BCUT2D eigenvalue weighted by Crippen LogP contribution is 2.27. The van der Waals surface area contributed by atoms with Gasteiger partial charge < -0.3 is 5.73 Å². The molecule has 2 N–H and O–H groups in total. The van der Waals surface area contributed by atoms with Crippen LogP contribution in [0, 0.1) is 0 Å². The quantitative estimate of drug-likeness (QED) is 0.868. The van der Waals surface area contributed by atoms with E-state index in [1.807, 2.05) is 0 Å². The Labute approximate surface area is 120 Å². The van der Waals surface area contributed by atoms with Crippen LogP contribution < -0.4 is 10.0 Å². The van der Waals surface area contributed by atoms with Crippen LogP contribution in [0.4, 0.5) is 11.4 Å². The second-order valence-electron chi connectivity index (χ2n) is 3.86. The minimum atomic E-state index is -3.68. The topological polar surface area (TPSA) is 76.3 Å². The Morgan fingerprint density at radius 2 is 1.84 bits per heavy atom. The maximum Gasteiger partial charge on any atom is 0.266 e. The largest absolute Gasteiger partial charge is 0.398 e. The molecular formula is C12H12BrN3O2S. The summed E-state index contributed by atoms with van der Waals surface area (Å²) in [5.41, 5.74) is 6.50. The highest BCUT2D eigenvalue weighted by Gasteiger charge is 2.23. The third kappa shape index (κ3) is 2.71. The summed E-state index contributed by atoms with van der Waals surface area (Å²) in [6.45, 7) is 0. The Hall–Kier alpha value is -1.60. The molecule has 2 rings (SSSR count). The fourth-order valence-corrected chi connectivity index (χ4v) is 3.26. The van der Waals surface area contributed by atoms with Gasteiger partial charge in [0.25, 0.3) is 10.0 Å². The molecule has 0 aliphatic heterocycles. The Balaban J connectivity index is 2.48. The summed E-state index contributed by atoms with van der Waals surface area (Å²) >= 11 is 3.25. The molecule has 0 spiro atoms. The fourth-order valence-electron chi connectivity index (χ4n) is 1.59. The van der Waals surface area contributed by atoms with Crippen molar-refractivity contribution in [1.82, 2.24) is 4.98 Å². The van der Waals surface area contributed by atoms with E-state index in [1.54, 1.807) is 24.3 Å². The van der Waals surface area contributed by atoms with Crippen molar-refractivity contribution in [2.75, 3.05) is 17.1 Å². The van der Waals surface area contributed by atoms with Gasteiger partial charge in [0.1, 0.15) is 4.90 Å². The summed E-state index contributed by atoms with van der Waals surface area (Å²) in [6.07, 6.45) is 3.07. The summed E-state index contributed by atoms with van der Waals surface area (Å²) in [7, 11) is -2.20. The van der Waals surface area contributed by atoms with Gasteiger partial charge in [0.2, 0.25) is 0 Å². The van der Waals surface area contributed by atoms with E-state index in [0.29, 0.717) is 5.69 Å². The molecular weight excluding hydrogens is 330 g/mol. The number of halogens is 1. The van der Waals surface area contributed by atoms with Crippen molar-refractivity contribution in [2.24, 2.45) is 0 Å². The molecule has 100 valence electrons. The molecule has 1 aromatic carbocycles. The minimum absolute atomic E-state index is 0.0787. The molecule has 0 saturated carbocycles. The lowest BCUT2D eigenvalue weighted by Gasteiger charge is -2.20. The Bertz CT molecular complexity index is 689. The van der Waals surface area contributed by atoms with Crippen LogP contribution in [0.5, 0.6) is 0 Å². The monoisotopic (exact) mass is 341 g/mol. The Morgan fingerprint density at radius 3 is 2.42 bits per heavy atom. The molecule has 0 atom stereocenters. The van der Waals surface area contributed by atoms with Crippen molar-refractivity contribution in [3.8, 4) is 0 Å². The van der Waals surface area contributed by atoms with Crippen LogP contribution in [-0.4, -0.2) is 20.4 Å². The molecule has 5 nitrogen and oxygen atoms in total. The number of aromatic nitrogens is 1. The molecule has 0 amide bonds. The average Bonchev–Trinajstić information content (AvgIpc) is 2.38. The molecule has 19 heavy (non-hydrogen) atoms. The van der Waals surface area contributed by atoms with E-state index in [9.17, 15) is 8.42 Å². The van der Waals surface area contributed by atoms with Gasteiger partial charge in [-0.15, -0.1) is 0 Å². The smallest absolute Gasteiger partial charge is 0.266 e. The number of sulfonamides is 1. The van der Waals surface area contributed by atoms with E-state index in [-0.39, 0.29) is 10.6 Å². The van der Waals surface area contributed by atoms with Gasteiger partial charge in [-0.05, 0) is 30.3 Å². The average molecular weight is 342 g/mol. The normalized spacial score (nSPS) is 11.3. The molecule has 0 aliphatic carbocycles. The lowest BCUT2D eigenvalue weighted by atomic mass is 10.3. The van der Waals surface area contributed by atoms with Gasteiger partial charge in [-0.3, -0.25) is 9.29 Å². The zero-order valence-electron chi connectivity index (χ0n) is 10.1. The molecule has 0 radical (unpaired) electrons. The Kier molecular flexibility index (Phi) is 3.77. The van der Waals surface area contributed by atoms with Gasteiger partial charge in [-0.25, -0.2) is 8.42 Å². The van der Waals surface area contributed by atoms with Gasteiger partial charge in [-0.1, -0.05) is 15.9 Å². The third-order valence-electron chi connectivity index (χ3n) is 2.64. The molecule has 1 heterocycles. The Morgan fingerprint density at radius 1 is 1.21 bits per heavy atom. The van der Waals surface area contributed by atoms with Crippen LogP contribution in [-0.2, 0) is 10.0 Å². The first kappa shape index (κ1) is 13.8. The number of benzene rings is 1. The van der Waals surface area contributed by atoms with Crippen LogP contribution in [0.3, 0.4) is 0 Å². The molecule has 0 aliphatic rings. The first-order chi connectivity index (χ1) is 8.93. The summed E-state index contributed by atoms with van der Waals surface area (Å²) in [6, 6.07) is 7.92. The first-order valence-corrected chi connectivity index (χ1v) is 7.60.